The van der Waals surface area contributed by atoms with E-state index in [1.165, 1.54) is 55.8 Å². The van der Waals surface area contributed by atoms with Crippen molar-refractivity contribution in [2.75, 3.05) is 4.43 Å². The maximum Gasteiger partial charge on any atom is -0.000463 e. The Morgan fingerprint density at radius 2 is 1.06 bits per heavy atom. The zero-order valence-corrected chi connectivity index (χ0v) is 14.6. The summed E-state index contributed by atoms with van der Waals surface area (Å²) in [5.74, 6) is 2.79. The van der Waals surface area contributed by atoms with Crippen LogP contribution in [0, 0.1) is 17.8 Å². The first kappa shape index (κ1) is 17.7. The van der Waals surface area contributed by atoms with Gasteiger partial charge in [-0.3, -0.25) is 0 Å². The highest BCUT2D eigenvalue weighted by Crippen LogP contribution is 2.20. The SMILES string of the molecule is CC(C)CCC[C@@H](C)CCC[C@@H](C)CCCI. The van der Waals surface area contributed by atoms with E-state index < -0.39 is 0 Å². The van der Waals surface area contributed by atoms with Gasteiger partial charge in [0.2, 0.25) is 0 Å². The Bertz CT molecular complexity index is 154. The fraction of sp³-hybridized carbons (Fsp3) is 1.00. The lowest BCUT2D eigenvalue weighted by Crippen LogP contribution is -2.00. The normalized spacial score (nSPS) is 15.2. The zero-order valence-electron chi connectivity index (χ0n) is 12.5. The van der Waals surface area contributed by atoms with Gasteiger partial charge in [0.15, 0.2) is 0 Å². The third-order valence-corrected chi connectivity index (χ3v) is 4.47. The van der Waals surface area contributed by atoms with Crippen molar-refractivity contribution in [3.63, 3.8) is 0 Å². The van der Waals surface area contributed by atoms with Crippen LogP contribution in [-0.2, 0) is 0 Å². The first-order chi connectivity index (χ1) is 8.06. The van der Waals surface area contributed by atoms with Gasteiger partial charge in [0.05, 0.1) is 0 Å². The van der Waals surface area contributed by atoms with E-state index in [1.807, 2.05) is 0 Å². The van der Waals surface area contributed by atoms with Crippen LogP contribution in [0.4, 0.5) is 0 Å². The van der Waals surface area contributed by atoms with Crippen LogP contribution in [-0.4, -0.2) is 4.43 Å². The maximum absolute atomic E-state index is 2.49. The summed E-state index contributed by atoms with van der Waals surface area (Å²) in [5.41, 5.74) is 0. The average Bonchev–Trinajstić information content (AvgIpc) is 2.25. The van der Waals surface area contributed by atoms with Crippen molar-refractivity contribution in [1.82, 2.24) is 0 Å². The molecule has 0 aliphatic carbocycles. The molecule has 0 bridgehead atoms. The first-order valence-corrected chi connectivity index (χ1v) is 9.14. The summed E-state index contributed by atoms with van der Waals surface area (Å²) in [5, 5.41) is 0. The highest BCUT2D eigenvalue weighted by molar-refractivity contribution is 14.1. The van der Waals surface area contributed by atoms with E-state index in [0.29, 0.717) is 0 Å². The fourth-order valence-corrected chi connectivity index (χ4v) is 2.84. The molecule has 0 fully saturated rings. The van der Waals surface area contributed by atoms with E-state index in [0.717, 1.165) is 17.8 Å². The number of hydrogen-bond donors (Lipinski definition) is 0. The van der Waals surface area contributed by atoms with Crippen molar-refractivity contribution >= 4 is 22.6 Å². The Kier molecular flexibility index (Phi) is 12.3. The second-order valence-electron chi connectivity index (χ2n) is 6.30. The van der Waals surface area contributed by atoms with Crippen LogP contribution >= 0.6 is 22.6 Å². The molecular formula is C16H33I. The quantitative estimate of drug-likeness (QED) is 0.295. The van der Waals surface area contributed by atoms with Crippen LogP contribution in [0.1, 0.15) is 79.1 Å². The number of rotatable bonds is 11. The van der Waals surface area contributed by atoms with E-state index in [2.05, 4.69) is 50.3 Å². The predicted octanol–water partition coefficient (Wildman–Crippen LogP) is 6.47. The molecule has 0 amide bonds. The Morgan fingerprint density at radius 1 is 0.647 bits per heavy atom. The summed E-state index contributed by atoms with van der Waals surface area (Å²) in [6.07, 6.45) is 11.5. The topological polar surface area (TPSA) is 0 Å². The molecular weight excluding hydrogens is 319 g/mol. The Hall–Kier alpha value is 0.730. The third-order valence-electron chi connectivity index (χ3n) is 3.70. The summed E-state index contributed by atoms with van der Waals surface area (Å²) in [7, 11) is 0. The molecule has 0 saturated heterocycles. The van der Waals surface area contributed by atoms with Crippen LogP contribution in [0.3, 0.4) is 0 Å². The summed E-state index contributed by atoms with van der Waals surface area (Å²) >= 11 is 2.49. The van der Waals surface area contributed by atoms with Crippen molar-refractivity contribution in [3.8, 4) is 0 Å². The standard InChI is InChI=1S/C16H33I/c1-14(2)8-5-9-15(3)10-6-11-16(4)12-7-13-17/h14-16H,5-13H2,1-4H3/t15-,16-/m1/s1. The lowest BCUT2D eigenvalue weighted by molar-refractivity contribution is 0.392. The molecule has 0 rings (SSSR count). The largest absolute Gasteiger partial charge is 0.0864 e. The molecule has 0 N–H and O–H groups in total. The lowest BCUT2D eigenvalue weighted by atomic mass is 9.92. The second-order valence-corrected chi connectivity index (χ2v) is 7.38. The van der Waals surface area contributed by atoms with E-state index >= 15 is 0 Å². The highest BCUT2D eigenvalue weighted by atomic mass is 127. The Morgan fingerprint density at radius 3 is 1.47 bits per heavy atom. The minimum Gasteiger partial charge on any atom is -0.0864 e. The average molecular weight is 352 g/mol. The van der Waals surface area contributed by atoms with Crippen LogP contribution in [0.5, 0.6) is 0 Å². The molecule has 0 aromatic rings. The molecule has 0 unspecified atom stereocenters. The summed E-state index contributed by atoms with van der Waals surface area (Å²) in [4.78, 5) is 0. The predicted molar refractivity (Wildman–Crippen MR) is 89.0 cm³/mol. The molecule has 0 heterocycles. The molecule has 0 nitrogen and oxygen atoms in total. The minimum absolute atomic E-state index is 0.885. The molecule has 0 saturated carbocycles. The first-order valence-electron chi connectivity index (χ1n) is 7.62. The molecule has 0 aromatic carbocycles. The van der Waals surface area contributed by atoms with Crippen molar-refractivity contribution in [2.24, 2.45) is 17.8 Å². The van der Waals surface area contributed by atoms with E-state index in [1.54, 1.807) is 0 Å². The fourth-order valence-electron chi connectivity index (χ4n) is 2.40. The molecule has 104 valence electrons. The van der Waals surface area contributed by atoms with E-state index in [9.17, 15) is 0 Å². The van der Waals surface area contributed by atoms with Gasteiger partial charge in [-0.15, -0.1) is 0 Å². The van der Waals surface area contributed by atoms with Gasteiger partial charge in [-0.05, 0) is 35.0 Å². The van der Waals surface area contributed by atoms with E-state index in [4.69, 9.17) is 0 Å². The van der Waals surface area contributed by atoms with Gasteiger partial charge < -0.3 is 0 Å². The number of halogens is 1. The van der Waals surface area contributed by atoms with Crippen LogP contribution in [0.25, 0.3) is 0 Å². The van der Waals surface area contributed by atoms with Crippen LogP contribution in [0.15, 0.2) is 0 Å². The Balaban J connectivity index is 3.34. The third kappa shape index (κ3) is 13.0. The lowest BCUT2D eigenvalue weighted by Gasteiger charge is -2.14. The summed E-state index contributed by atoms with van der Waals surface area (Å²) in [6, 6.07) is 0. The summed E-state index contributed by atoms with van der Waals surface area (Å²) in [6.45, 7) is 9.53. The number of hydrogen-bond acceptors (Lipinski definition) is 0. The van der Waals surface area contributed by atoms with Crippen molar-refractivity contribution in [3.05, 3.63) is 0 Å². The summed E-state index contributed by atoms with van der Waals surface area (Å²) < 4.78 is 1.33. The maximum atomic E-state index is 2.49. The molecule has 17 heavy (non-hydrogen) atoms. The molecule has 0 spiro atoms. The molecule has 0 aromatic heterocycles. The zero-order chi connectivity index (χ0) is 13.1. The van der Waals surface area contributed by atoms with Crippen LogP contribution < -0.4 is 0 Å². The van der Waals surface area contributed by atoms with Gasteiger partial charge in [-0.2, -0.15) is 0 Å². The molecule has 0 aliphatic heterocycles. The highest BCUT2D eigenvalue weighted by Gasteiger charge is 2.06. The monoisotopic (exact) mass is 352 g/mol. The van der Waals surface area contributed by atoms with Crippen LogP contribution in [0.2, 0.25) is 0 Å². The van der Waals surface area contributed by atoms with Crippen molar-refractivity contribution in [2.45, 2.75) is 79.1 Å². The van der Waals surface area contributed by atoms with Crippen molar-refractivity contribution in [1.29, 1.82) is 0 Å². The minimum atomic E-state index is 0.885. The number of alkyl halides is 1. The van der Waals surface area contributed by atoms with Gasteiger partial charge in [0.25, 0.3) is 0 Å². The van der Waals surface area contributed by atoms with Gasteiger partial charge in [0, 0.05) is 0 Å². The van der Waals surface area contributed by atoms with Gasteiger partial charge in [-0.1, -0.05) is 88.8 Å². The molecule has 0 aliphatic rings. The Labute approximate surface area is 123 Å². The van der Waals surface area contributed by atoms with Gasteiger partial charge in [0.1, 0.15) is 0 Å². The molecule has 2 atom stereocenters. The van der Waals surface area contributed by atoms with E-state index in [-0.39, 0.29) is 0 Å². The second kappa shape index (κ2) is 11.8. The van der Waals surface area contributed by atoms with Gasteiger partial charge >= 0.3 is 0 Å². The molecule has 0 radical (unpaired) electrons. The van der Waals surface area contributed by atoms with Gasteiger partial charge in [-0.25, -0.2) is 0 Å². The molecule has 1 heteroatoms. The van der Waals surface area contributed by atoms with Crippen molar-refractivity contribution < 1.29 is 0 Å². The smallest absolute Gasteiger partial charge is 0.000463 e.